The number of nitrogens with zero attached hydrogens (tertiary/aromatic N) is 1. The third kappa shape index (κ3) is 5.74. The fourth-order valence-electron chi connectivity index (χ4n) is 4.61. The minimum Gasteiger partial charge on any atom is -0.193 e. The van der Waals surface area contributed by atoms with Crippen LogP contribution in [-0.2, 0) is 6.18 Å². The second kappa shape index (κ2) is 9.45. The molecule has 1 aromatic rings. The molecule has 0 bridgehead atoms. The van der Waals surface area contributed by atoms with Gasteiger partial charge in [-0.1, -0.05) is 30.4 Å². The van der Waals surface area contributed by atoms with Crippen LogP contribution in [-0.4, -0.2) is 0 Å². The highest BCUT2D eigenvalue weighted by molar-refractivity contribution is 5.27. The van der Waals surface area contributed by atoms with E-state index in [1.807, 2.05) is 6.08 Å². The Morgan fingerprint density at radius 1 is 0.750 bits per heavy atom. The zero-order valence-corrected chi connectivity index (χ0v) is 16.2. The average molecular weight is 387 g/mol. The molecule has 2 aliphatic rings. The van der Waals surface area contributed by atoms with Gasteiger partial charge in [-0.05, 0) is 92.7 Å². The monoisotopic (exact) mass is 387 g/mol. The molecule has 0 saturated heterocycles. The second-order valence-corrected chi connectivity index (χ2v) is 8.28. The first-order valence-corrected chi connectivity index (χ1v) is 10.4. The fraction of sp³-hybridized carbons (Fsp3) is 0.542. The Labute approximate surface area is 165 Å². The lowest BCUT2D eigenvalue weighted by molar-refractivity contribution is -0.137. The van der Waals surface area contributed by atoms with Crippen molar-refractivity contribution < 1.29 is 13.2 Å². The molecule has 3 rings (SSSR count). The van der Waals surface area contributed by atoms with Crippen LogP contribution < -0.4 is 0 Å². The maximum atomic E-state index is 12.7. The van der Waals surface area contributed by atoms with Gasteiger partial charge in [0.05, 0.1) is 11.6 Å². The number of halogens is 3. The van der Waals surface area contributed by atoms with Crippen LogP contribution >= 0.6 is 0 Å². The Bertz CT molecular complexity index is 708. The molecule has 4 heteroatoms. The van der Waals surface area contributed by atoms with E-state index < -0.39 is 11.7 Å². The van der Waals surface area contributed by atoms with Crippen molar-refractivity contribution in [3.05, 3.63) is 59.7 Å². The SMILES string of the molecule is N#CC=CC1CCC(/C=C/C2CCC(c3ccc(C(F)(F)F)cc3)CC2)CC1. The summed E-state index contributed by atoms with van der Waals surface area (Å²) in [5, 5.41) is 8.62. The van der Waals surface area contributed by atoms with E-state index >= 15 is 0 Å². The highest BCUT2D eigenvalue weighted by Crippen LogP contribution is 2.38. The summed E-state index contributed by atoms with van der Waals surface area (Å²) in [6.07, 6.45) is 13.2. The van der Waals surface area contributed by atoms with E-state index in [0.717, 1.165) is 44.1 Å². The molecule has 0 N–H and O–H groups in total. The summed E-state index contributed by atoms with van der Waals surface area (Å²) >= 11 is 0. The minimum atomic E-state index is -4.26. The summed E-state index contributed by atoms with van der Waals surface area (Å²) in [4.78, 5) is 0. The Hall–Kier alpha value is -2.02. The fourth-order valence-corrected chi connectivity index (χ4v) is 4.61. The van der Waals surface area contributed by atoms with E-state index in [1.165, 1.54) is 25.0 Å². The predicted molar refractivity (Wildman–Crippen MR) is 105 cm³/mol. The molecule has 1 nitrogen and oxygen atoms in total. The summed E-state index contributed by atoms with van der Waals surface area (Å²) in [7, 11) is 0. The summed E-state index contributed by atoms with van der Waals surface area (Å²) < 4.78 is 38.1. The van der Waals surface area contributed by atoms with Crippen LogP contribution in [0.2, 0.25) is 0 Å². The molecule has 150 valence electrons. The van der Waals surface area contributed by atoms with Crippen LogP contribution in [0.15, 0.2) is 48.6 Å². The van der Waals surface area contributed by atoms with Crippen LogP contribution in [0, 0.1) is 29.1 Å². The van der Waals surface area contributed by atoms with Crippen LogP contribution in [0.4, 0.5) is 13.2 Å². The summed E-state index contributed by atoms with van der Waals surface area (Å²) in [6, 6.07) is 7.81. The third-order valence-corrected chi connectivity index (χ3v) is 6.40. The van der Waals surface area contributed by atoms with E-state index in [2.05, 4.69) is 18.2 Å². The molecule has 0 spiro atoms. The molecule has 0 heterocycles. The number of rotatable bonds is 4. The highest BCUT2D eigenvalue weighted by atomic mass is 19.4. The third-order valence-electron chi connectivity index (χ3n) is 6.40. The van der Waals surface area contributed by atoms with Crippen molar-refractivity contribution in [3.63, 3.8) is 0 Å². The number of hydrogen-bond acceptors (Lipinski definition) is 1. The molecule has 2 aliphatic carbocycles. The van der Waals surface area contributed by atoms with Crippen LogP contribution in [0.5, 0.6) is 0 Å². The van der Waals surface area contributed by atoms with Gasteiger partial charge in [-0.2, -0.15) is 18.4 Å². The van der Waals surface area contributed by atoms with E-state index in [0.29, 0.717) is 23.7 Å². The Morgan fingerprint density at radius 2 is 1.21 bits per heavy atom. The molecule has 2 saturated carbocycles. The number of alkyl halides is 3. The lowest BCUT2D eigenvalue weighted by Gasteiger charge is -2.28. The normalized spacial score (nSPS) is 29.2. The van der Waals surface area contributed by atoms with Gasteiger partial charge in [0.1, 0.15) is 0 Å². The quantitative estimate of drug-likeness (QED) is 0.389. The Morgan fingerprint density at radius 3 is 1.68 bits per heavy atom. The lowest BCUT2D eigenvalue weighted by atomic mass is 9.77. The van der Waals surface area contributed by atoms with Gasteiger partial charge in [0.15, 0.2) is 0 Å². The van der Waals surface area contributed by atoms with Crippen molar-refractivity contribution in [1.29, 1.82) is 5.26 Å². The van der Waals surface area contributed by atoms with Crippen molar-refractivity contribution in [2.75, 3.05) is 0 Å². The molecule has 0 aliphatic heterocycles. The zero-order chi connectivity index (χ0) is 20.0. The molecule has 0 aromatic heterocycles. The molecule has 28 heavy (non-hydrogen) atoms. The number of nitriles is 1. The van der Waals surface area contributed by atoms with Gasteiger partial charge in [0.2, 0.25) is 0 Å². The van der Waals surface area contributed by atoms with Gasteiger partial charge in [-0.15, -0.1) is 0 Å². The van der Waals surface area contributed by atoms with Gasteiger partial charge >= 0.3 is 6.18 Å². The van der Waals surface area contributed by atoms with Crippen molar-refractivity contribution in [2.45, 2.75) is 63.5 Å². The molecule has 1 aromatic carbocycles. The van der Waals surface area contributed by atoms with E-state index in [1.54, 1.807) is 18.2 Å². The summed E-state index contributed by atoms with van der Waals surface area (Å²) in [5.41, 5.74) is 0.477. The predicted octanol–water partition coefficient (Wildman–Crippen LogP) is 7.42. The van der Waals surface area contributed by atoms with Crippen LogP contribution in [0.3, 0.4) is 0 Å². The van der Waals surface area contributed by atoms with E-state index in [-0.39, 0.29) is 0 Å². The van der Waals surface area contributed by atoms with Gasteiger partial charge in [0, 0.05) is 6.08 Å². The maximum Gasteiger partial charge on any atom is 0.416 e. The van der Waals surface area contributed by atoms with Gasteiger partial charge in [-0.3, -0.25) is 0 Å². The van der Waals surface area contributed by atoms with Crippen molar-refractivity contribution >= 4 is 0 Å². The van der Waals surface area contributed by atoms with Gasteiger partial charge in [0.25, 0.3) is 0 Å². The number of benzene rings is 1. The smallest absolute Gasteiger partial charge is 0.193 e. The number of hydrogen-bond donors (Lipinski definition) is 0. The van der Waals surface area contributed by atoms with Crippen molar-refractivity contribution in [1.82, 2.24) is 0 Å². The summed E-state index contributed by atoms with van der Waals surface area (Å²) in [5.74, 6) is 2.19. The van der Waals surface area contributed by atoms with E-state index in [9.17, 15) is 13.2 Å². The molecule has 2 fully saturated rings. The minimum absolute atomic E-state index is 0.384. The first-order chi connectivity index (χ1) is 13.5. The summed E-state index contributed by atoms with van der Waals surface area (Å²) in [6.45, 7) is 0. The molecular weight excluding hydrogens is 359 g/mol. The first-order valence-electron chi connectivity index (χ1n) is 10.4. The largest absolute Gasteiger partial charge is 0.416 e. The number of allylic oxidation sites excluding steroid dienone is 4. The lowest BCUT2D eigenvalue weighted by Crippen LogP contribution is -2.14. The Kier molecular flexibility index (Phi) is 6.99. The molecule has 0 radical (unpaired) electrons. The van der Waals surface area contributed by atoms with Crippen molar-refractivity contribution in [3.8, 4) is 6.07 Å². The highest BCUT2D eigenvalue weighted by Gasteiger charge is 2.30. The second-order valence-electron chi connectivity index (χ2n) is 8.28. The average Bonchev–Trinajstić information content (AvgIpc) is 2.71. The molecule has 0 amide bonds. The van der Waals surface area contributed by atoms with Crippen LogP contribution in [0.25, 0.3) is 0 Å². The van der Waals surface area contributed by atoms with Gasteiger partial charge in [-0.25, -0.2) is 0 Å². The topological polar surface area (TPSA) is 23.8 Å². The zero-order valence-electron chi connectivity index (χ0n) is 16.2. The molecular formula is C24H28F3N. The van der Waals surface area contributed by atoms with Crippen molar-refractivity contribution in [2.24, 2.45) is 17.8 Å². The standard InChI is InChI=1S/C24H28F3N/c25-24(26,27)23-15-13-22(14-16-23)21-11-9-20(10-12-21)8-7-19-5-3-18(4-6-19)2-1-17-28/h1-2,7-8,13-16,18-21H,3-6,9-12H2/b2-1?,8-7+. The maximum absolute atomic E-state index is 12.7. The first kappa shape index (κ1) is 20.7. The van der Waals surface area contributed by atoms with E-state index in [4.69, 9.17) is 5.26 Å². The Balaban J connectivity index is 1.44. The van der Waals surface area contributed by atoms with Crippen LogP contribution in [0.1, 0.15) is 68.4 Å². The molecule has 0 unspecified atom stereocenters. The molecule has 0 atom stereocenters. The van der Waals surface area contributed by atoms with Gasteiger partial charge < -0.3 is 0 Å².